The molecule has 0 N–H and O–H groups in total. The van der Waals surface area contributed by atoms with E-state index in [1.165, 1.54) is 12.8 Å². The molecule has 0 radical (unpaired) electrons. The van der Waals surface area contributed by atoms with Crippen LogP contribution in [0.1, 0.15) is 32.1 Å². The van der Waals surface area contributed by atoms with Crippen molar-refractivity contribution in [2.75, 3.05) is 6.61 Å². The Morgan fingerprint density at radius 2 is 2.40 bits per heavy atom. The third-order valence-corrected chi connectivity index (χ3v) is 1.85. The number of ether oxygens (including phenoxy) is 1. The zero-order chi connectivity index (χ0) is 7.23. The van der Waals surface area contributed by atoms with Crippen LogP contribution in [0.15, 0.2) is 0 Å². The predicted octanol–water partition coefficient (Wildman–Crippen LogP) is 1.86. The van der Waals surface area contributed by atoms with E-state index in [1.807, 2.05) is 0 Å². The number of hydrogen-bond donors (Lipinski definition) is 0. The van der Waals surface area contributed by atoms with Gasteiger partial charge in [-0.1, -0.05) is 0 Å². The third kappa shape index (κ3) is 2.36. The molecule has 0 aromatic heterocycles. The van der Waals surface area contributed by atoms with E-state index in [0.717, 1.165) is 19.4 Å². The first-order valence-corrected chi connectivity index (χ1v) is 3.92. The number of rotatable bonds is 2. The van der Waals surface area contributed by atoms with E-state index in [-0.39, 0.29) is 0 Å². The molecular formula is C8H13NO. The van der Waals surface area contributed by atoms with E-state index < -0.39 is 0 Å². The van der Waals surface area contributed by atoms with E-state index in [0.29, 0.717) is 12.5 Å². The Kier molecular flexibility index (Phi) is 3.25. The molecule has 10 heavy (non-hydrogen) atoms. The lowest BCUT2D eigenvalue weighted by Gasteiger charge is -2.21. The average Bonchev–Trinajstić information content (AvgIpc) is 2.03. The SMILES string of the molecule is N#CCC[C@H]1CCCCO1. The fraction of sp³-hybridized carbons (Fsp3) is 0.875. The van der Waals surface area contributed by atoms with Gasteiger partial charge >= 0.3 is 0 Å². The van der Waals surface area contributed by atoms with E-state index in [4.69, 9.17) is 10.00 Å². The van der Waals surface area contributed by atoms with Crippen molar-refractivity contribution in [1.29, 1.82) is 5.26 Å². The van der Waals surface area contributed by atoms with Crippen LogP contribution in [0, 0.1) is 11.3 Å². The highest BCUT2D eigenvalue weighted by Gasteiger charge is 2.12. The second-order valence-electron chi connectivity index (χ2n) is 2.69. The van der Waals surface area contributed by atoms with Crippen LogP contribution in [-0.2, 0) is 4.74 Å². The maximum atomic E-state index is 8.29. The molecule has 0 unspecified atom stereocenters. The lowest BCUT2D eigenvalue weighted by atomic mass is 10.1. The lowest BCUT2D eigenvalue weighted by Crippen LogP contribution is -2.18. The molecular weight excluding hydrogens is 126 g/mol. The van der Waals surface area contributed by atoms with Gasteiger partial charge in [-0.25, -0.2) is 0 Å². The minimum atomic E-state index is 0.383. The normalized spacial score (nSPS) is 25.7. The van der Waals surface area contributed by atoms with Crippen LogP contribution < -0.4 is 0 Å². The fourth-order valence-electron chi connectivity index (χ4n) is 1.26. The van der Waals surface area contributed by atoms with Gasteiger partial charge in [0.2, 0.25) is 0 Å². The molecule has 0 spiro atoms. The Hall–Kier alpha value is -0.550. The zero-order valence-corrected chi connectivity index (χ0v) is 6.18. The van der Waals surface area contributed by atoms with Crippen molar-refractivity contribution in [2.45, 2.75) is 38.2 Å². The van der Waals surface area contributed by atoms with Gasteiger partial charge in [-0.15, -0.1) is 0 Å². The van der Waals surface area contributed by atoms with Crippen molar-refractivity contribution in [3.05, 3.63) is 0 Å². The monoisotopic (exact) mass is 139 g/mol. The highest BCUT2D eigenvalue weighted by molar-refractivity contribution is 4.73. The highest BCUT2D eigenvalue weighted by Crippen LogP contribution is 2.16. The average molecular weight is 139 g/mol. The molecule has 1 aliphatic rings. The molecule has 1 heterocycles. The Morgan fingerprint density at radius 1 is 1.50 bits per heavy atom. The minimum absolute atomic E-state index is 0.383. The smallest absolute Gasteiger partial charge is 0.0622 e. The van der Waals surface area contributed by atoms with Gasteiger partial charge in [-0.2, -0.15) is 5.26 Å². The van der Waals surface area contributed by atoms with E-state index >= 15 is 0 Å². The van der Waals surface area contributed by atoms with Crippen LogP contribution >= 0.6 is 0 Å². The van der Waals surface area contributed by atoms with Gasteiger partial charge in [-0.3, -0.25) is 0 Å². The predicted molar refractivity (Wildman–Crippen MR) is 38.4 cm³/mol. The van der Waals surface area contributed by atoms with Crippen LogP contribution in [0.5, 0.6) is 0 Å². The first-order chi connectivity index (χ1) is 4.93. The number of hydrogen-bond acceptors (Lipinski definition) is 2. The Bertz CT molecular complexity index is 122. The second kappa shape index (κ2) is 4.29. The van der Waals surface area contributed by atoms with Crippen LogP contribution in [-0.4, -0.2) is 12.7 Å². The molecule has 0 bridgehead atoms. The van der Waals surface area contributed by atoms with Gasteiger partial charge in [0.25, 0.3) is 0 Å². The molecule has 2 heteroatoms. The molecule has 0 aliphatic carbocycles. The molecule has 0 aromatic rings. The summed E-state index contributed by atoms with van der Waals surface area (Å²) in [7, 11) is 0. The lowest BCUT2D eigenvalue weighted by molar-refractivity contribution is 0.0121. The van der Waals surface area contributed by atoms with Crippen molar-refractivity contribution >= 4 is 0 Å². The minimum Gasteiger partial charge on any atom is -0.378 e. The summed E-state index contributed by atoms with van der Waals surface area (Å²) in [5, 5.41) is 8.29. The summed E-state index contributed by atoms with van der Waals surface area (Å²) in [6.45, 7) is 0.899. The fourth-order valence-corrected chi connectivity index (χ4v) is 1.26. The van der Waals surface area contributed by atoms with Crippen LogP contribution in [0.3, 0.4) is 0 Å². The molecule has 1 saturated heterocycles. The molecule has 56 valence electrons. The third-order valence-electron chi connectivity index (χ3n) is 1.85. The largest absolute Gasteiger partial charge is 0.378 e. The summed E-state index contributed by atoms with van der Waals surface area (Å²) in [6, 6.07) is 2.13. The topological polar surface area (TPSA) is 33.0 Å². The molecule has 1 aliphatic heterocycles. The van der Waals surface area contributed by atoms with Crippen molar-refractivity contribution < 1.29 is 4.74 Å². The van der Waals surface area contributed by atoms with Gasteiger partial charge in [0.05, 0.1) is 12.2 Å². The Labute approximate surface area is 61.8 Å². The maximum absolute atomic E-state index is 8.29. The van der Waals surface area contributed by atoms with E-state index in [1.54, 1.807) is 0 Å². The number of nitrogens with zero attached hydrogens (tertiary/aromatic N) is 1. The van der Waals surface area contributed by atoms with Crippen LogP contribution in [0.2, 0.25) is 0 Å². The zero-order valence-electron chi connectivity index (χ0n) is 6.18. The summed E-state index contributed by atoms with van der Waals surface area (Å²) >= 11 is 0. The van der Waals surface area contributed by atoms with Crippen LogP contribution in [0.4, 0.5) is 0 Å². The Balaban J connectivity index is 2.09. The Morgan fingerprint density at radius 3 is 3.00 bits per heavy atom. The first-order valence-electron chi connectivity index (χ1n) is 3.92. The summed E-state index contributed by atoms with van der Waals surface area (Å²) in [6.07, 6.45) is 5.58. The van der Waals surface area contributed by atoms with Gasteiger partial charge in [0.1, 0.15) is 0 Å². The number of nitriles is 1. The van der Waals surface area contributed by atoms with Crippen molar-refractivity contribution in [1.82, 2.24) is 0 Å². The van der Waals surface area contributed by atoms with E-state index in [9.17, 15) is 0 Å². The van der Waals surface area contributed by atoms with Gasteiger partial charge in [-0.05, 0) is 25.7 Å². The molecule has 1 rings (SSSR count). The summed E-state index contributed by atoms with van der Waals surface area (Å²) in [5.74, 6) is 0. The van der Waals surface area contributed by atoms with Gasteiger partial charge in [0, 0.05) is 13.0 Å². The quantitative estimate of drug-likeness (QED) is 0.585. The molecule has 1 fully saturated rings. The molecule has 0 saturated carbocycles. The standard InChI is InChI=1S/C8H13NO/c9-6-3-5-8-4-1-2-7-10-8/h8H,1-5,7H2/t8-/m1/s1. The molecule has 0 aromatic carbocycles. The summed E-state index contributed by atoms with van der Waals surface area (Å²) in [5.41, 5.74) is 0. The molecule has 0 amide bonds. The first kappa shape index (κ1) is 7.56. The van der Waals surface area contributed by atoms with Crippen molar-refractivity contribution in [3.63, 3.8) is 0 Å². The molecule has 1 atom stereocenters. The maximum Gasteiger partial charge on any atom is 0.0622 e. The summed E-state index contributed by atoms with van der Waals surface area (Å²) in [4.78, 5) is 0. The van der Waals surface area contributed by atoms with Crippen LogP contribution in [0.25, 0.3) is 0 Å². The second-order valence-corrected chi connectivity index (χ2v) is 2.69. The van der Waals surface area contributed by atoms with Gasteiger partial charge < -0.3 is 4.74 Å². The van der Waals surface area contributed by atoms with Crippen molar-refractivity contribution in [3.8, 4) is 6.07 Å². The van der Waals surface area contributed by atoms with Crippen molar-refractivity contribution in [2.24, 2.45) is 0 Å². The van der Waals surface area contributed by atoms with Gasteiger partial charge in [0.15, 0.2) is 0 Å². The highest BCUT2D eigenvalue weighted by atomic mass is 16.5. The van der Waals surface area contributed by atoms with E-state index in [2.05, 4.69) is 6.07 Å². The molecule has 2 nitrogen and oxygen atoms in total. The summed E-state index contributed by atoms with van der Waals surface area (Å²) < 4.78 is 5.43.